The van der Waals surface area contributed by atoms with Crippen LogP contribution >= 0.6 is 31.2 Å². The van der Waals surface area contributed by atoms with Gasteiger partial charge in [-0.05, 0) is 0 Å². The first kappa shape index (κ1) is 8.92. The van der Waals surface area contributed by atoms with Crippen LogP contribution in [0.25, 0.3) is 0 Å². The Morgan fingerprint density at radius 1 is 1.25 bits per heavy atom. The normalized spacial score (nSPS) is 4.50. The zero-order valence-electron chi connectivity index (χ0n) is 2.06. The average molecular weight is 117 g/mol. The van der Waals surface area contributed by atoms with Crippen LogP contribution in [0.2, 0.25) is 0 Å². The van der Waals surface area contributed by atoms with Gasteiger partial charge in [-0.1, -0.05) is 18.8 Å². The van der Waals surface area contributed by atoms with E-state index in [9.17, 15) is 0 Å². The number of nitrogens with one attached hydrogen (secondary N) is 1. The first-order chi connectivity index (χ1) is 1.41. The highest BCUT2D eigenvalue weighted by molar-refractivity contribution is 7.31. The SMILES string of the molecule is Cl.PNP. The van der Waals surface area contributed by atoms with E-state index >= 15 is 0 Å². The summed E-state index contributed by atoms with van der Waals surface area (Å²) in [6.45, 7) is 0. The van der Waals surface area contributed by atoms with Gasteiger partial charge in [-0.15, -0.1) is 12.4 Å². The van der Waals surface area contributed by atoms with Crippen LogP contribution in [0, 0.1) is 0 Å². The summed E-state index contributed by atoms with van der Waals surface area (Å²) in [5.74, 6) is 0. The Kier molecular flexibility index (Phi) is 19.9. The van der Waals surface area contributed by atoms with Gasteiger partial charge in [0.1, 0.15) is 0 Å². The first-order valence-electron chi connectivity index (χ1n) is 0.577. The van der Waals surface area contributed by atoms with E-state index in [0.717, 1.165) is 0 Å². The van der Waals surface area contributed by atoms with Gasteiger partial charge in [0.25, 0.3) is 0 Å². The summed E-state index contributed by atoms with van der Waals surface area (Å²) in [4.78, 5) is 2.58. The monoisotopic (exact) mass is 117 g/mol. The van der Waals surface area contributed by atoms with E-state index in [4.69, 9.17) is 0 Å². The molecule has 0 aliphatic carbocycles. The Morgan fingerprint density at radius 2 is 1.25 bits per heavy atom. The van der Waals surface area contributed by atoms with Crippen molar-refractivity contribution in [1.82, 2.24) is 4.86 Å². The Labute approximate surface area is 36.8 Å². The highest BCUT2D eigenvalue weighted by atomic mass is 35.5. The van der Waals surface area contributed by atoms with Crippen LogP contribution in [0.5, 0.6) is 0 Å². The molecule has 0 heterocycles. The molecule has 1 N–H and O–H groups in total. The largest absolute Gasteiger partial charge is 0.285 e. The lowest BCUT2D eigenvalue weighted by Gasteiger charge is -1.59. The zero-order valence-corrected chi connectivity index (χ0v) is 5.19. The molecule has 0 spiro atoms. The molecule has 0 aromatic rings. The Balaban J connectivity index is 0. The van der Waals surface area contributed by atoms with Crippen LogP contribution in [0.15, 0.2) is 0 Å². The molecule has 4 heteroatoms. The second-order valence-corrected chi connectivity index (χ2v) is 1.50. The Hall–Kier alpha value is 1.11. The molecule has 0 saturated heterocycles. The minimum absolute atomic E-state index is 0. The predicted molar refractivity (Wildman–Crippen MR) is 29.8 cm³/mol. The molecule has 0 saturated carbocycles. The van der Waals surface area contributed by atoms with E-state index in [1.54, 1.807) is 0 Å². The molecule has 2 atom stereocenters. The molecular weight excluding hydrogens is 111 g/mol. The fourth-order valence-corrected chi connectivity index (χ4v) is 0. The molecule has 28 valence electrons. The lowest BCUT2D eigenvalue weighted by molar-refractivity contribution is 1.78. The lowest BCUT2D eigenvalue weighted by Crippen LogP contribution is -1.54. The fourth-order valence-electron chi connectivity index (χ4n) is 0. The molecular formula is H6ClNP2. The predicted octanol–water partition coefficient (Wildman–Crippen LogP) is 0.578. The molecule has 0 amide bonds. The van der Waals surface area contributed by atoms with Crippen LogP contribution in [-0.4, -0.2) is 0 Å². The van der Waals surface area contributed by atoms with Crippen molar-refractivity contribution in [2.45, 2.75) is 0 Å². The van der Waals surface area contributed by atoms with E-state index in [1.807, 2.05) is 0 Å². The molecule has 0 radical (unpaired) electrons. The third-order valence-electron chi connectivity index (χ3n) is 0. The topological polar surface area (TPSA) is 12.0 Å². The summed E-state index contributed by atoms with van der Waals surface area (Å²) in [6.07, 6.45) is 0. The van der Waals surface area contributed by atoms with Crippen molar-refractivity contribution in [3.8, 4) is 0 Å². The maximum absolute atomic E-state index is 2.58. The molecule has 1 nitrogen and oxygen atoms in total. The smallest absolute Gasteiger partial charge is 0.0657 e. The maximum Gasteiger partial charge on any atom is -0.0657 e. The van der Waals surface area contributed by atoms with Crippen LogP contribution in [-0.2, 0) is 0 Å². The Morgan fingerprint density at radius 3 is 1.25 bits per heavy atom. The number of halogens is 1. The van der Waals surface area contributed by atoms with Gasteiger partial charge in [0.05, 0.1) is 0 Å². The number of hydrogen-bond donors (Lipinski definition) is 1. The third-order valence-corrected chi connectivity index (χ3v) is 0. The van der Waals surface area contributed by atoms with E-state index in [-0.39, 0.29) is 12.4 Å². The summed E-state index contributed by atoms with van der Waals surface area (Å²) >= 11 is 0. The minimum atomic E-state index is 0. The number of rotatable bonds is 0. The van der Waals surface area contributed by atoms with Gasteiger partial charge in [-0.2, -0.15) is 0 Å². The van der Waals surface area contributed by atoms with Gasteiger partial charge in [-0.25, -0.2) is 0 Å². The van der Waals surface area contributed by atoms with Crippen LogP contribution in [0.1, 0.15) is 0 Å². The summed E-state index contributed by atoms with van der Waals surface area (Å²) in [5.41, 5.74) is 0. The molecule has 0 aliphatic rings. The standard InChI is InChI=1S/ClH.H5NP2/c;2-1-3/h1H;1H,2-3H2. The first-order valence-corrected chi connectivity index (χ1v) is 1.73. The quantitative estimate of drug-likeness (QED) is 0.458. The highest BCUT2D eigenvalue weighted by Gasteiger charge is 1.24. The van der Waals surface area contributed by atoms with E-state index in [1.165, 1.54) is 0 Å². The van der Waals surface area contributed by atoms with Crippen molar-refractivity contribution in [2.24, 2.45) is 0 Å². The van der Waals surface area contributed by atoms with Gasteiger partial charge in [-0.3, -0.25) is 4.86 Å². The lowest BCUT2D eigenvalue weighted by atomic mass is 13.9. The summed E-state index contributed by atoms with van der Waals surface area (Å²) in [5, 5.41) is 0. The summed E-state index contributed by atoms with van der Waals surface area (Å²) in [6, 6.07) is 0. The van der Waals surface area contributed by atoms with E-state index < -0.39 is 0 Å². The number of hydrogen-bond acceptors (Lipinski definition) is 1. The molecule has 0 aromatic carbocycles. The van der Waals surface area contributed by atoms with Crippen LogP contribution in [0.4, 0.5) is 0 Å². The van der Waals surface area contributed by atoms with Gasteiger partial charge < -0.3 is 0 Å². The maximum atomic E-state index is 2.58. The molecule has 0 fully saturated rings. The van der Waals surface area contributed by atoms with Gasteiger partial charge in [0.2, 0.25) is 0 Å². The second kappa shape index (κ2) is 8.93. The van der Waals surface area contributed by atoms with Crippen molar-refractivity contribution >= 4 is 31.2 Å². The van der Waals surface area contributed by atoms with Crippen molar-refractivity contribution in [3.63, 3.8) is 0 Å². The van der Waals surface area contributed by atoms with E-state index in [2.05, 4.69) is 23.6 Å². The van der Waals surface area contributed by atoms with Crippen molar-refractivity contribution in [3.05, 3.63) is 0 Å². The third kappa shape index (κ3) is 11.2. The average Bonchev–Trinajstić information content (AvgIpc) is 0.918. The summed E-state index contributed by atoms with van der Waals surface area (Å²) < 4.78 is 0. The van der Waals surface area contributed by atoms with Crippen molar-refractivity contribution in [1.29, 1.82) is 0 Å². The molecule has 4 heavy (non-hydrogen) atoms. The van der Waals surface area contributed by atoms with Crippen LogP contribution in [0.3, 0.4) is 0 Å². The van der Waals surface area contributed by atoms with Crippen LogP contribution < -0.4 is 4.86 Å². The highest BCUT2D eigenvalue weighted by Crippen LogP contribution is 1.69. The molecule has 0 bridgehead atoms. The molecule has 0 rings (SSSR count). The second-order valence-electron chi connectivity index (χ2n) is 0.167. The molecule has 0 aromatic heterocycles. The molecule has 0 aliphatic heterocycles. The molecule has 2 unspecified atom stereocenters. The van der Waals surface area contributed by atoms with Gasteiger partial charge in [0.15, 0.2) is 0 Å². The van der Waals surface area contributed by atoms with Crippen molar-refractivity contribution in [2.75, 3.05) is 0 Å². The van der Waals surface area contributed by atoms with E-state index in [0.29, 0.717) is 0 Å². The van der Waals surface area contributed by atoms with Gasteiger partial charge >= 0.3 is 0 Å². The fraction of sp³-hybridized carbons (Fsp3) is 0. The Bertz CT molecular complexity index is 6.00. The zero-order chi connectivity index (χ0) is 2.71. The minimum Gasteiger partial charge on any atom is -0.285 e. The summed E-state index contributed by atoms with van der Waals surface area (Å²) in [7, 11) is 4.58. The van der Waals surface area contributed by atoms with Gasteiger partial charge in [0, 0.05) is 0 Å². The van der Waals surface area contributed by atoms with Crippen molar-refractivity contribution < 1.29 is 0 Å².